The minimum atomic E-state index is -0.0254. The smallest absolute Gasteiger partial charge is 0.0502 e. The second-order valence-corrected chi connectivity index (χ2v) is 21.6. The summed E-state index contributed by atoms with van der Waals surface area (Å²) in [5.41, 5.74) is 22.3. The molecule has 4 fully saturated rings. The Morgan fingerprint density at radius 3 is 1.91 bits per heavy atom. The van der Waals surface area contributed by atoms with Crippen molar-refractivity contribution in [2.24, 2.45) is 29.1 Å². The van der Waals surface area contributed by atoms with Crippen molar-refractivity contribution < 1.29 is 0 Å². The van der Waals surface area contributed by atoms with E-state index in [1.54, 1.807) is 11.1 Å². The molecule has 7 aliphatic rings. The van der Waals surface area contributed by atoms with Crippen molar-refractivity contribution >= 4 is 17.1 Å². The van der Waals surface area contributed by atoms with Crippen molar-refractivity contribution in [2.75, 3.05) is 4.90 Å². The van der Waals surface area contributed by atoms with Crippen LogP contribution in [0.25, 0.3) is 33.4 Å². The highest BCUT2D eigenvalue weighted by molar-refractivity contribution is 5.89. The molecule has 1 nitrogen and oxygen atoms in total. The summed E-state index contributed by atoms with van der Waals surface area (Å²) < 4.78 is 0. The maximum Gasteiger partial charge on any atom is 0.0502 e. The van der Waals surface area contributed by atoms with Crippen molar-refractivity contribution in [3.8, 4) is 33.4 Å². The first-order valence-corrected chi connectivity index (χ1v) is 22.5. The molecule has 0 N–H and O–H groups in total. The van der Waals surface area contributed by atoms with E-state index in [0.29, 0.717) is 5.41 Å². The largest absolute Gasteiger partial charge is 0.310 e. The summed E-state index contributed by atoms with van der Waals surface area (Å²) in [4.78, 5) is 2.59. The summed E-state index contributed by atoms with van der Waals surface area (Å²) in [5, 5.41) is 0. The van der Waals surface area contributed by atoms with Crippen molar-refractivity contribution in [3.63, 3.8) is 0 Å². The zero-order valence-corrected chi connectivity index (χ0v) is 35.1. The van der Waals surface area contributed by atoms with Gasteiger partial charge in [-0.05, 0) is 182 Å². The van der Waals surface area contributed by atoms with Crippen molar-refractivity contribution in [3.05, 3.63) is 161 Å². The van der Waals surface area contributed by atoms with Crippen LogP contribution in [0.5, 0.6) is 0 Å². The molecule has 288 valence electrons. The molecule has 2 bridgehead atoms. The molecule has 0 aromatic heterocycles. The van der Waals surface area contributed by atoms with Gasteiger partial charge in [0.2, 0.25) is 0 Å². The van der Waals surface area contributed by atoms with Crippen molar-refractivity contribution in [1.82, 2.24) is 0 Å². The molecule has 13 rings (SSSR count). The predicted molar refractivity (Wildman–Crippen MR) is 240 cm³/mol. The highest BCUT2D eigenvalue weighted by atomic mass is 15.1. The normalized spacial score (nSPS) is 29.7. The molecule has 0 saturated heterocycles. The summed E-state index contributed by atoms with van der Waals surface area (Å²) in [6.45, 7) is 14.6. The Bertz CT molecular complexity index is 2760. The van der Waals surface area contributed by atoms with E-state index in [4.69, 9.17) is 0 Å². The van der Waals surface area contributed by atoms with Crippen LogP contribution in [-0.4, -0.2) is 0 Å². The number of fused-ring (bicyclic) bond motifs is 12. The number of nitrogens with zero attached hydrogens (tertiary/aromatic N) is 1. The lowest BCUT2D eigenvalue weighted by molar-refractivity contribution is -0.231. The van der Waals surface area contributed by atoms with E-state index in [0.717, 1.165) is 23.7 Å². The zero-order chi connectivity index (χ0) is 39.1. The molecule has 0 radical (unpaired) electrons. The van der Waals surface area contributed by atoms with E-state index >= 15 is 0 Å². The van der Waals surface area contributed by atoms with Crippen LogP contribution in [0.2, 0.25) is 0 Å². The van der Waals surface area contributed by atoms with Gasteiger partial charge in [-0.25, -0.2) is 0 Å². The molecule has 58 heavy (non-hydrogen) atoms. The maximum absolute atomic E-state index is 2.64. The molecule has 6 aromatic rings. The molecule has 2 spiro atoms. The van der Waals surface area contributed by atoms with Gasteiger partial charge in [-0.1, -0.05) is 133 Å². The Balaban J connectivity index is 0.952. The molecular weight excluding hydrogens is 699 g/mol. The van der Waals surface area contributed by atoms with Crippen LogP contribution in [-0.2, 0) is 21.7 Å². The van der Waals surface area contributed by atoms with Crippen LogP contribution in [0.1, 0.15) is 113 Å². The fourth-order valence-electron chi connectivity index (χ4n) is 15.5. The Hall–Kier alpha value is -4.88. The van der Waals surface area contributed by atoms with Gasteiger partial charge in [0, 0.05) is 22.2 Å². The molecular formula is C57H55N. The third-order valence-electron chi connectivity index (χ3n) is 18.0. The summed E-state index contributed by atoms with van der Waals surface area (Å²) in [6.07, 6.45) is 8.29. The average Bonchev–Trinajstić information content (AvgIpc) is 3.92. The first-order valence-electron chi connectivity index (χ1n) is 22.5. The van der Waals surface area contributed by atoms with Gasteiger partial charge in [-0.15, -0.1) is 0 Å². The lowest BCUT2D eigenvalue weighted by atomic mass is 9.27. The van der Waals surface area contributed by atoms with Crippen LogP contribution in [0, 0.1) is 29.1 Å². The fraction of sp³-hybridized carbons (Fsp3) is 0.368. The van der Waals surface area contributed by atoms with Crippen LogP contribution >= 0.6 is 0 Å². The van der Waals surface area contributed by atoms with Crippen LogP contribution < -0.4 is 4.90 Å². The van der Waals surface area contributed by atoms with Gasteiger partial charge in [-0.3, -0.25) is 0 Å². The van der Waals surface area contributed by atoms with Gasteiger partial charge in [0.1, 0.15) is 0 Å². The van der Waals surface area contributed by atoms with Gasteiger partial charge in [0.25, 0.3) is 0 Å². The number of anilines is 3. The minimum absolute atomic E-state index is 0.0254. The van der Waals surface area contributed by atoms with Crippen molar-refractivity contribution in [2.45, 2.75) is 102 Å². The molecule has 6 aromatic carbocycles. The highest BCUT2D eigenvalue weighted by Crippen LogP contribution is 2.89. The molecule has 4 saturated carbocycles. The SMILES string of the molecule is CC1(C)CCC(C)(C)c2c(N(c3ccc(-c4ccc5c(c4)C4(c6ccccc6-5)C5CC6CC7CC4C75C6)cc3)c3ccc4c(c3)-c3ccccc3C4(C)C)cccc21. The van der Waals surface area contributed by atoms with Crippen LogP contribution in [0.4, 0.5) is 17.1 Å². The zero-order valence-electron chi connectivity index (χ0n) is 35.1. The molecule has 0 aliphatic heterocycles. The fourth-order valence-corrected chi connectivity index (χ4v) is 15.5. The van der Waals surface area contributed by atoms with E-state index in [9.17, 15) is 0 Å². The van der Waals surface area contributed by atoms with E-state index in [2.05, 4.69) is 174 Å². The van der Waals surface area contributed by atoms with E-state index in [1.807, 2.05) is 0 Å². The number of benzene rings is 6. The lowest BCUT2D eigenvalue weighted by Gasteiger charge is -2.76. The quantitative estimate of drug-likeness (QED) is 0.173. The molecule has 7 aliphatic carbocycles. The van der Waals surface area contributed by atoms with Crippen LogP contribution in [0.3, 0.4) is 0 Å². The summed E-state index contributed by atoms with van der Waals surface area (Å²) in [7, 11) is 0. The van der Waals surface area contributed by atoms with E-state index in [-0.39, 0.29) is 21.7 Å². The van der Waals surface area contributed by atoms with Gasteiger partial charge in [0.05, 0.1) is 5.69 Å². The summed E-state index contributed by atoms with van der Waals surface area (Å²) in [5.74, 6) is 3.62. The number of hydrogen-bond acceptors (Lipinski definition) is 1. The van der Waals surface area contributed by atoms with E-state index < -0.39 is 0 Å². The third kappa shape index (κ3) is 3.91. The van der Waals surface area contributed by atoms with Gasteiger partial charge >= 0.3 is 0 Å². The molecule has 0 amide bonds. The molecule has 6 unspecified atom stereocenters. The summed E-state index contributed by atoms with van der Waals surface area (Å²) in [6, 6.07) is 50.2. The first-order chi connectivity index (χ1) is 27.9. The average molecular weight is 754 g/mol. The molecule has 6 atom stereocenters. The first kappa shape index (κ1) is 34.0. The predicted octanol–water partition coefficient (Wildman–Crippen LogP) is 14.8. The standard InChI is InChI=1S/C57H55N/c1-53(2)26-27-54(3,4)52-47(53)16-11-17-49(52)58(39-23-25-45-43(32-39)41-13-7-9-14-44(41)55(45,5)6)38-21-18-35(19-22-38)36-20-24-42-40-12-8-10-15-46(40)57(48(42)30-36)50-29-34-28-37-31-51(57)56(37,50)33-34/h7-25,30,32,34,37,50-51H,26-29,31,33H2,1-6H3. The summed E-state index contributed by atoms with van der Waals surface area (Å²) >= 11 is 0. The minimum Gasteiger partial charge on any atom is -0.310 e. The van der Waals surface area contributed by atoms with Crippen molar-refractivity contribution in [1.29, 1.82) is 0 Å². The van der Waals surface area contributed by atoms with Crippen LogP contribution in [0.15, 0.2) is 127 Å². The van der Waals surface area contributed by atoms with Gasteiger partial charge in [-0.2, -0.15) is 0 Å². The Kier molecular flexibility index (Phi) is 6.36. The second-order valence-electron chi connectivity index (χ2n) is 21.6. The Morgan fingerprint density at radius 2 is 1.12 bits per heavy atom. The number of rotatable bonds is 4. The lowest BCUT2D eigenvalue weighted by Crippen LogP contribution is -2.73. The Labute approximate surface area is 345 Å². The van der Waals surface area contributed by atoms with Gasteiger partial charge < -0.3 is 4.90 Å². The monoisotopic (exact) mass is 753 g/mol. The highest BCUT2D eigenvalue weighted by Gasteiger charge is 2.84. The Morgan fingerprint density at radius 1 is 0.483 bits per heavy atom. The third-order valence-corrected chi connectivity index (χ3v) is 18.0. The molecule has 0 heterocycles. The topological polar surface area (TPSA) is 3.24 Å². The maximum atomic E-state index is 2.64. The molecule has 1 heteroatoms. The van der Waals surface area contributed by atoms with Gasteiger partial charge in [0.15, 0.2) is 0 Å². The number of hydrogen-bond donors (Lipinski definition) is 0. The second kappa shape index (κ2) is 10.8. The van der Waals surface area contributed by atoms with E-state index in [1.165, 1.54) is 111 Å².